The molecule has 0 saturated carbocycles. The van der Waals surface area contributed by atoms with E-state index >= 15 is 0 Å². The molecule has 1 aromatic carbocycles. The number of nitrogens with two attached hydrogens (primary N) is 1. The summed E-state index contributed by atoms with van der Waals surface area (Å²) in [6, 6.07) is 7.95. The smallest absolute Gasteiger partial charge is 0.220 e. The molecule has 21 heavy (non-hydrogen) atoms. The Morgan fingerprint density at radius 3 is 2.57 bits per heavy atom. The number of rotatable bonds is 7. The molecule has 0 aliphatic heterocycles. The Bertz CT molecular complexity index is 482. The first-order valence-electron chi connectivity index (χ1n) is 7.75. The van der Waals surface area contributed by atoms with Gasteiger partial charge in [-0.15, -0.1) is 0 Å². The van der Waals surface area contributed by atoms with Crippen LogP contribution in [0.5, 0.6) is 0 Å². The van der Waals surface area contributed by atoms with Crippen molar-refractivity contribution in [2.24, 2.45) is 5.73 Å². The van der Waals surface area contributed by atoms with Crippen LogP contribution < -0.4 is 11.1 Å². The first-order valence-corrected chi connectivity index (χ1v) is 7.75. The minimum absolute atomic E-state index is 0.0280. The number of carbonyl (C=O) groups excluding carboxylic acids is 1. The second-order valence-corrected chi connectivity index (χ2v) is 5.23. The Morgan fingerprint density at radius 1 is 1.24 bits per heavy atom. The zero-order valence-electron chi connectivity index (χ0n) is 13.1. The number of hydrogen-bond acceptors (Lipinski definition) is 2. The van der Waals surface area contributed by atoms with Gasteiger partial charge in [0.15, 0.2) is 0 Å². The van der Waals surface area contributed by atoms with Gasteiger partial charge in [-0.25, -0.2) is 0 Å². The molecule has 0 aliphatic rings. The third kappa shape index (κ3) is 6.97. The highest BCUT2D eigenvalue weighted by Gasteiger charge is 2.08. The topological polar surface area (TPSA) is 55.1 Å². The molecule has 0 fully saturated rings. The van der Waals surface area contributed by atoms with E-state index in [4.69, 9.17) is 5.73 Å². The van der Waals surface area contributed by atoms with E-state index in [0.29, 0.717) is 13.0 Å². The van der Waals surface area contributed by atoms with E-state index in [1.165, 1.54) is 12.8 Å². The number of unbranched alkanes of at least 4 members (excludes halogenated alkanes) is 3. The summed E-state index contributed by atoms with van der Waals surface area (Å²) in [5.74, 6) is 5.95. The van der Waals surface area contributed by atoms with Crippen molar-refractivity contribution in [3.05, 3.63) is 35.4 Å². The van der Waals surface area contributed by atoms with E-state index in [9.17, 15) is 4.79 Å². The molecule has 0 radical (unpaired) electrons. The van der Waals surface area contributed by atoms with Crippen LogP contribution in [0.15, 0.2) is 24.3 Å². The zero-order chi connectivity index (χ0) is 15.5. The maximum atomic E-state index is 11.9. The van der Waals surface area contributed by atoms with Gasteiger partial charge in [0, 0.05) is 12.0 Å². The summed E-state index contributed by atoms with van der Waals surface area (Å²) < 4.78 is 0. The molecule has 114 valence electrons. The summed E-state index contributed by atoms with van der Waals surface area (Å²) in [4.78, 5) is 11.9. The van der Waals surface area contributed by atoms with Gasteiger partial charge in [0.05, 0.1) is 12.6 Å². The van der Waals surface area contributed by atoms with E-state index in [1.54, 1.807) is 0 Å². The Hall–Kier alpha value is -1.79. The Labute approximate surface area is 128 Å². The van der Waals surface area contributed by atoms with Crippen molar-refractivity contribution in [2.45, 2.75) is 52.0 Å². The van der Waals surface area contributed by atoms with Gasteiger partial charge in [-0.3, -0.25) is 4.79 Å². The predicted molar refractivity (Wildman–Crippen MR) is 87.7 cm³/mol. The third-order valence-electron chi connectivity index (χ3n) is 3.38. The van der Waals surface area contributed by atoms with E-state index in [-0.39, 0.29) is 11.9 Å². The van der Waals surface area contributed by atoms with Gasteiger partial charge in [0.1, 0.15) is 0 Å². The van der Waals surface area contributed by atoms with Crippen LogP contribution in [0.4, 0.5) is 0 Å². The predicted octanol–water partition coefficient (Wildman–Crippen LogP) is 3.14. The average Bonchev–Trinajstić information content (AvgIpc) is 2.50. The summed E-state index contributed by atoms with van der Waals surface area (Å²) >= 11 is 0. The molecule has 1 atom stereocenters. The first-order chi connectivity index (χ1) is 10.2. The Balaban J connectivity index is 2.44. The van der Waals surface area contributed by atoms with Crippen molar-refractivity contribution in [1.29, 1.82) is 0 Å². The molecule has 1 amide bonds. The molecule has 0 spiro atoms. The molecular weight excluding hydrogens is 260 g/mol. The highest BCUT2D eigenvalue weighted by molar-refractivity contribution is 5.76. The molecule has 0 aliphatic carbocycles. The minimum atomic E-state index is 0.0280. The maximum Gasteiger partial charge on any atom is 0.220 e. The fraction of sp³-hybridized carbons (Fsp3) is 0.500. The SMILES string of the molecule is CCCCCCC(=O)NC(C)c1ccc(C#CCN)cc1. The van der Waals surface area contributed by atoms with Gasteiger partial charge in [-0.1, -0.05) is 50.2 Å². The van der Waals surface area contributed by atoms with E-state index in [0.717, 1.165) is 24.0 Å². The molecule has 3 N–H and O–H groups in total. The summed E-state index contributed by atoms with van der Waals surface area (Å²) in [6.45, 7) is 4.54. The quantitative estimate of drug-likeness (QED) is 0.597. The molecule has 3 heteroatoms. The van der Waals surface area contributed by atoms with Crippen molar-refractivity contribution in [3.63, 3.8) is 0 Å². The van der Waals surface area contributed by atoms with Crippen molar-refractivity contribution in [2.75, 3.05) is 6.54 Å². The van der Waals surface area contributed by atoms with Crippen LogP contribution in [0.3, 0.4) is 0 Å². The molecule has 1 aromatic rings. The van der Waals surface area contributed by atoms with E-state index < -0.39 is 0 Å². The first kappa shape index (κ1) is 17.3. The fourth-order valence-electron chi connectivity index (χ4n) is 2.12. The molecule has 0 aromatic heterocycles. The summed E-state index contributed by atoms with van der Waals surface area (Å²) in [5, 5.41) is 3.04. The fourth-order valence-corrected chi connectivity index (χ4v) is 2.12. The lowest BCUT2D eigenvalue weighted by molar-refractivity contribution is -0.121. The molecular formula is C18H26N2O. The van der Waals surface area contributed by atoms with Gasteiger partial charge in [-0.2, -0.15) is 0 Å². The lowest BCUT2D eigenvalue weighted by atomic mass is 10.1. The van der Waals surface area contributed by atoms with E-state index in [1.807, 2.05) is 31.2 Å². The lowest BCUT2D eigenvalue weighted by Crippen LogP contribution is -2.26. The van der Waals surface area contributed by atoms with Crippen molar-refractivity contribution >= 4 is 5.91 Å². The summed E-state index contributed by atoms with van der Waals surface area (Å²) in [5.41, 5.74) is 7.39. The van der Waals surface area contributed by atoms with Crippen molar-refractivity contribution < 1.29 is 4.79 Å². The van der Waals surface area contributed by atoms with Crippen LogP contribution in [0.25, 0.3) is 0 Å². The highest BCUT2D eigenvalue weighted by Crippen LogP contribution is 2.13. The number of benzene rings is 1. The van der Waals surface area contributed by atoms with Crippen LogP contribution in [-0.2, 0) is 4.79 Å². The van der Waals surface area contributed by atoms with Crippen LogP contribution in [0, 0.1) is 11.8 Å². The monoisotopic (exact) mass is 286 g/mol. The number of carbonyl (C=O) groups is 1. The molecule has 0 heterocycles. The summed E-state index contributed by atoms with van der Waals surface area (Å²) in [6.07, 6.45) is 5.11. The average molecular weight is 286 g/mol. The van der Waals surface area contributed by atoms with Gasteiger partial charge in [0.25, 0.3) is 0 Å². The van der Waals surface area contributed by atoms with Crippen molar-refractivity contribution in [3.8, 4) is 11.8 Å². The van der Waals surface area contributed by atoms with Crippen molar-refractivity contribution in [1.82, 2.24) is 5.32 Å². The van der Waals surface area contributed by atoms with Crippen LogP contribution in [0.1, 0.15) is 63.1 Å². The third-order valence-corrected chi connectivity index (χ3v) is 3.38. The maximum absolute atomic E-state index is 11.9. The normalized spacial score (nSPS) is 11.4. The standard InChI is InChI=1S/C18H26N2O/c1-3-4-5-6-9-18(21)20-15(2)17-12-10-16(11-13-17)8-7-14-19/h10-13,15H,3-6,9,14,19H2,1-2H3,(H,20,21). The van der Waals surface area contributed by atoms with Gasteiger partial charge >= 0.3 is 0 Å². The van der Waals surface area contributed by atoms with Gasteiger partial charge in [-0.05, 0) is 31.0 Å². The zero-order valence-corrected chi connectivity index (χ0v) is 13.1. The largest absolute Gasteiger partial charge is 0.350 e. The lowest BCUT2D eigenvalue weighted by Gasteiger charge is -2.14. The molecule has 1 rings (SSSR count). The molecule has 3 nitrogen and oxygen atoms in total. The van der Waals surface area contributed by atoms with Crippen LogP contribution >= 0.6 is 0 Å². The van der Waals surface area contributed by atoms with Gasteiger partial charge < -0.3 is 11.1 Å². The summed E-state index contributed by atoms with van der Waals surface area (Å²) in [7, 11) is 0. The van der Waals surface area contributed by atoms with Gasteiger partial charge in [0.2, 0.25) is 5.91 Å². The van der Waals surface area contributed by atoms with Crippen LogP contribution in [-0.4, -0.2) is 12.5 Å². The van der Waals surface area contributed by atoms with Crippen LogP contribution in [0.2, 0.25) is 0 Å². The second-order valence-electron chi connectivity index (χ2n) is 5.23. The molecule has 0 saturated heterocycles. The number of amides is 1. The molecule has 1 unspecified atom stereocenters. The molecule has 0 bridgehead atoms. The minimum Gasteiger partial charge on any atom is -0.350 e. The number of hydrogen-bond donors (Lipinski definition) is 2. The second kappa shape index (κ2) is 10.0. The van der Waals surface area contributed by atoms with E-state index in [2.05, 4.69) is 24.1 Å². The number of nitrogens with one attached hydrogen (secondary N) is 1. The Morgan fingerprint density at radius 2 is 1.95 bits per heavy atom. The highest BCUT2D eigenvalue weighted by atomic mass is 16.1. The Kier molecular flexibility index (Phi) is 8.23.